The molecule has 0 saturated carbocycles. The number of rotatable bonds is 4. The molecule has 0 aliphatic carbocycles. The van der Waals surface area contributed by atoms with Crippen LogP contribution in [0.4, 0.5) is 0 Å². The number of thiophene rings is 1. The van der Waals surface area contributed by atoms with Crippen molar-refractivity contribution in [3.63, 3.8) is 0 Å². The SMILES string of the molecule is COC(=O)CS[C@H]1CCN(C(=O)c2ccsc2)C1. The summed E-state index contributed by atoms with van der Waals surface area (Å²) in [6.07, 6.45) is 0.942. The topological polar surface area (TPSA) is 46.6 Å². The van der Waals surface area contributed by atoms with E-state index in [4.69, 9.17) is 0 Å². The Bertz CT molecular complexity index is 419. The molecular formula is C12H15NO3S2. The number of methoxy groups -OCH3 is 1. The van der Waals surface area contributed by atoms with Crippen LogP contribution in [0.3, 0.4) is 0 Å². The molecule has 0 bridgehead atoms. The predicted molar refractivity (Wildman–Crippen MR) is 73.1 cm³/mol. The lowest BCUT2D eigenvalue weighted by Crippen LogP contribution is -2.28. The summed E-state index contributed by atoms with van der Waals surface area (Å²) in [5, 5.41) is 4.12. The first-order valence-electron chi connectivity index (χ1n) is 5.70. The van der Waals surface area contributed by atoms with Crippen molar-refractivity contribution in [2.75, 3.05) is 26.0 Å². The van der Waals surface area contributed by atoms with Gasteiger partial charge in [0.1, 0.15) is 0 Å². The van der Waals surface area contributed by atoms with Crippen LogP contribution in [0.25, 0.3) is 0 Å². The van der Waals surface area contributed by atoms with Crippen LogP contribution in [0, 0.1) is 0 Å². The Hall–Kier alpha value is -1.01. The first kappa shape index (κ1) is 13.4. The minimum absolute atomic E-state index is 0.0948. The fraction of sp³-hybridized carbons (Fsp3) is 0.500. The average Bonchev–Trinajstić information content (AvgIpc) is 3.05. The highest BCUT2D eigenvalue weighted by molar-refractivity contribution is 8.00. The van der Waals surface area contributed by atoms with E-state index in [1.165, 1.54) is 18.4 Å². The summed E-state index contributed by atoms with van der Waals surface area (Å²) in [5.74, 6) is 0.252. The average molecular weight is 285 g/mol. The van der Waals surface area contributed by atoms with E-state index in [2.05, 4.69) is 4.74 Å². The fourth-order valence-electron chi connectivity index (χ4n) is 1.86. The Morgan fingerprint density at radius 2 is 2.44 bits per heavy atom. The van der Waals surface area contributed by atoms with Crippen molar-refractivity contribution >= 4 is 35.0 Å². The Labute approximate surface area is 114 Å². The molecule has 1 amide bonds. The molecule has 0 spiro atoms. The van der Waals surface area contributed by atoms with Gasteiger partial charge in [0.25, 0.3) is 5.91 Å². The van der Waals surface area contributed by atoms with E-state index >= 15 is 0 Å². The van der Waals surface area contributed by atoms with E-state index in [1.807, 2.05) is 21.7 Å². The number of amides is 1. The number of hydrogen-bond donors (Lipinski definition) is 0. The molecule has 2 heterocycles. The lowest BCUT2D eigenvalue weighted by atomic mass is 10.3. The van der Waals surface area contributed by atoms with Gasteiger partial charge in [-0.1, -0.05) is 0 Å². The van der Waals surface area contributed by atoms with E-state index in [9.17, 15) is 9.59 Å². The zero-order valence-corrected chi connectivity index (χ0v) is 11.8. The molecule has 1 aliphatic heterocycles. The molecule has 2 rings (SSSR count). The monoisotopic (exact) mass is 285 g/mol. The van der Waals surface area contributed by atoms with Crippen LogP contribution >= 0.6 is 23.1 Å². The molecule has 6 heteroatoms. The fourth-order valence-corrected chi connectivity index (χ4v) is 3.54. The van der Waals surface area contributed by atoms with Crippen molar-refractivity contribution in [3.8, 4) is 0 Å². The predicted octanol–water partition coefficient (Wildman–Crippen LogP) is 1.87. The molecule has 0 N–H and O–H groups in total. The molecule has 1 aromatic heterocycles. The second-order valence-electron chi connectivity index (χ2n) is 4.06. The van der Waals surface area contributed by atoms with Gasteiger partial charge in [0, 0.05) is 23.7 Å². The molecule has 0 aromatic carbocycles. The lowest BCUT2D eigenvalue weighted by molar-refractivity contribution is -0.137. The summed E-state index contributed by atoms with van der Waals surface area (Å²) < 4.78 is 4.60. The van der Waals surface area contributed by atoms with Gasteiger partial charge in [-0.15, -0.1) is 11.8 Å². The van der Waals surface area contributed by atoms with Crippen LogP contribution in [-0.4, -0.2) is 48.0 Å². The second-order valence-corrected chi connectivity index (χ2v) is 6.13. The number of nitrogens with zero attached hydrogens (tertiary/aromatic N) is 1. The van der Waals surface area contributed by atoms with Gasteiger partial charge < -0.3 is 9.64 Å². The molecule has 4 nitrogen and oxygen atoms in total. The Morgan fingerprint density at radius 3 is 3.11 bits per heavy atom. The van der Waals surface area contributed by atoms with E-state index < -0.39 is 0 Å². The summed E-state index contributed by atoms with van der Waals surface area (Å²) in [6, 6.07) is 1.85. The summed E-state index contributed by atoms with van der Waals surface area (Å²) in [5.41, 5.74) is 0.763. The van der Waals surface area contributed by atoms with Gasteiger partial charge >= 0.3 is 5.97 Å². The maximum absolute atomic E-state index is 12.1. The number of hydrogen-bond acceptors (Lipinski definition) is 5. The number of esters is 1. The van der Waals surface area contributed by atoms with Crippen LogP contribution in [0.1, 0.15) is 16.8 Å². The van der Waals surface area contributed by atoms with Gasteiger partial charge in [-0.3, -0.25) is 9.59 Å². The number of carbonyl (C=O) groups excluding carboxylic acids is 2. The van der Waals surface area contributed by atoms with Gasteiger partial charge in [-0.2, -0.15) is 11.3 Å². The highest BCUT2D eigenvalue weighted by atomic mass is 32.2. The van der Waals surface area contributed by atoms with Crippen molar-refractivity contribution in [3.05, 3.63) is 22.4 Å². The van der Waals surface area contributed by atoms with Crippen LogP contribution < -0.4 is 0 Å². The first-order chi connectivity index (χ1) is 8.70. The Morgan fingerprint density at radius 1 is 1.61 bits per heavy atom. The quantitative estimate of drug-likeness (QED) is 0.792. The molecule has 18 heavy (non-hydrogen) atoms. The van der Waals surface area contributed by atoms with Gasteiger partial charge in [0.2, 0.25) is 0 Å². The number of likely N-dealkylation sites (tertiary alicyclic amines) is 1. The van der Waals surface area contributed by atoms with Crippen molar-refractivity contribution < 1.29 is 14.3 Å². The smallest absolute Gasteiger partial charge is 0.315 e. The van der Waals surface area contributed by atoms with Crippen molar-refractivity contribution in [1.82, 2.24) is 4.90 Å². The summed E-state index contributed by atoms with van der Waals surface area (Å²) in [6.45, 7) is 1.49. The highest BCUT2D eigenvalue weighted by Crippen LogP contribution is 2.24. The van der Waals surface area contributed by atoms with Gasteiger partial charge in [0.05, 0.1) is 18.4 Å². The van der Waals surface area contributed by atoms with E-state index in [-0.39, 0.29) is 11.9 Å². The number of ether oxygens (including phenoxy) is 1. The molecule has 1 saturated heterocycles. The van der Waals surface area contributed by atoms with Crippen molar-refractivity contribution in [1.29, 1.82) is 0 Å². The van der Waals surface area contributed by atoms with Gasteiger partial charge in [0.15, 0.2) is 0 Å². The minimum atomic E-state index is -0.206. The second kappa shape index (κ2) is 6.24. The molecule has 0 radical (unpaired) electrons. The summed E-state index contributed by atoms with van der Waals surface area (Å²) in [7, 11) is 1.39. The normalized spacial score (nSPS) is 18.9. The molecule has 0 unspecified atom stereocenters. The standard InChI is InChI=1S/C12H15NO3S2/c1-16-11(14)8-18-10-2-4-13(6-10)12(15)9-3-5-17-7-9/h3,5,7,10H,2,4,6,8H2,1H3/t10-/m0/s1. The van der Waals surface area contributed by atoms with Gasteiger partial charge in [-0.05, 0) is 17.9 Å². The third-order valence-electron chi connectivity index (χ3n) is 2.86. The maximum Gasteiger partial charge on any atom is 0.315 e. The summed E-state index contributed by atoms with van der Waals surface area (Å²) >= 11 is 3.10. The van der Waals surface area contributed by atoms with Crippen LogP contribution in [-0.2, 0) is 9.53 Å². The summed E-state index contributed by atoms with van der Waals surface area (Å²) in [4.78, 5) is 25.0. The third kappa shape index (κ3) is 3.26. The Kier molecular flexibility index (Phi) is 4.66. The zero-order valence-electron chi connectivity index (χ0n) is 10.1. The van der Waals surface area contributed by atoms with E-state index in [0.717, 1.165) is 25.1 Å². The first-order valence-corrected chi connectivity index (χ1v) is 7.69. The zero-order chi connectivity index (χ0) is 13.0. The number of thioether (sulfide) groups is 1. The Balaban J connectivity index is 1.81. The molecule has 1 atom stereocenters. The van der Waals surface area contributed by atoms with Crippen LogP contribution in [0.2, 0.25) is 0 Å². The largest absolute Gasteiger partial charge is 0.468 e. The van der Waals surface area contributed by atoms with Crippen molar-refractivity contribution in [2.24, 2.45) is 0 Å². The van der Waals surface area contributed by atoms with E-state index in [0.29, 0.717) is 11.0 Å². The van der Waals surface area contributed by atoms with E-state index in [1.54, 1.807) is 11.8 Å². The molecular weight excluding hydrogens is 270 g/mol. The van der Waals surface area contributed by atoms with Gasteiger partial charge in [-0.25, -0.2) is 0 Å². The molecule has 1 aliphatic rings. The minimum Gasteiger partial charge on any atom is -0.468 e. The molecule has 1 fully saturated rings. The maximum atomic E-state index is 12.1. The molecule has 98 valence electrons. The number of carbonyl (C=O) groups is 2. The third-order valence-corrected chi connectivity index (χ3v) is 4.81. The highest BCUT2D eigenvalue weighted by Gasteiger charge is 2.27. The van der Waals surface area contributed by atoms with Crippen molar-refractivity contribution in [2.45, 2.75) is 11.7 Å². The van der Waals surface area contributed by atoms with Crippen LogP contribution in [0.15, 0.2) is 16.8 Å². The lowest BCUT2D eigenvalue weighted by Gasteiger charge is -2.15. The molecule has 1 aromatic rings. The van der Waals surface area contributed by atoms with Crippen LogP contribution in [0.5, 0.6) is 0 Å².